The van der Waals surface area contributed by atoms with E-state index in [-0.39, 0.29) is 0 Å². The molecule has 51 heavy (non-hydrogen) atoms. The van der Waals surface area contributed by atoms with Crippen molar-refractivity contribution >= 4 is 38.2 Å². The van der Waals surface area contributed by atoms with Crippen molar-refractivity contribution in [2.24, 2.45) is 0 Å². The van der Waals surface area contributed by atoms with Crippen LogP contribution in [0.2, 0.25) is 0 Å². The van der Waals surface area contributed by atoms with Crippen molar-refractivity contribution in [3.8, 4) is 56.5 Å². The summed E-state index contributed by atoms with van der Waals surface area (Å²) in [6, 6.07) is 58.3. The zero-order valence-corrected chi connectivity index (χ0v) is 27.3. The zero-order chi connectivity index (χ0) is 33.7. The van der Waals surface area contributed by atoms with Gasteiger partial charge in [0.05, 0.1) is 16.7 Å². The standard InChI is InChI=1S/C45H28N6/c1-2-13-32(14-3-1)44-49-50-45-38-20-7-9-23-40(38)47-43(51(44)45)34-17-10-16-33(28-34)29-24-26-31(27-25-29)42-46-39-22-8-6-19-37(39)41(48-42)36-21-11-15-30-12-4-5-18-35(30)36/h1-28H. The molecule has 0 bridgehead atoms. The van der Waals surface area contributed by atoms with Crippen molar-refractivity contribution in [1.29, 1.82) is 0 Å². The van der Waals surface area contributed by atoms with Crippen molar-refractivity contribution in [3.05, 3.63) is 170 Å². The van der Waals surface area contributed by atoms with Crippen molar-refractivity contribution in [2.45, 2.75) is 0 Å². The lowest BCUT2D eigenvalue weighted by Crippen LogP contribution is -2.00. The molecule has 0 saturated heterocycles. The van der Waals surface area contributed by atoms with Crippen LogP contribution in [0, 0.1) is 0 Å². The lowest BCUT2D eigenvalue weighted by atomic mass is 9.98. The Labute approximate surface area is 293 Å². The van der Waals surface area contributed by atoms with Crippen LogP contribution in [0.25, 0.3) is 94.8 Å². The van der Waals surface area contributed by atoms with Gasteiger partial charge in [0.15, 0.2) is 17.3 Å². The van der Waals surface area contributed by atoms with Gasteiger partial charge in [-0.05, 0) is 46.2 Å². The Hall–Kier alpha value is -7.05. The highest BCUT2D eigenvalue weighted by atomic mass is 15.3. The molecule has 0 radical (unpaired) electrons. The highest BCUT2D eigenvalue weighted by Crippen LogP contribution is 2.35. The first-order valence-electron chi connectivity index (χ1n) is 16.9. The van der Waals surface area contributed by atoms with E-state index in [1.54, 1.807) is 0 Å². The largest absolute Gasteiger partial charge is 0.258 e. The summed E-state index contributed by atoms with van der Waals surface area (Å²) in [5.41, 5.74) is 9.67. The summed E-state index contributed by atoms with van der Waals surface area (Å²) in [5, 5.41) is 13.6. The third kappa shape index (κ3) is 4.92. The normalized spacial score (nSPS) is 11.5. The van der Waals surface area contributed by atoms with Crippen LogP contribution in [0.3, 0.4) is 0 Å². The molecule has 0 saturated carbocycles. The Morgan fingerprint density at radius 2 is 1.00 bits per heavy atom. The maximum atomic E-state index is 5.20. The second kappa shape index (κ2) is 11.8. The molecule has 0 N–H and O–H groups in total. The fourth-order valence-electron chi connectivity index (χ4n) is 7.04. The predicted molar refractivity (Wildman–Crippen MR) is 206 cm³/mol. The fourth-order valence-corrected chi connectivity index (χ4v) is 7.04. The van der Waals surface area contributed by atoms with Crippen molar-refractivity contribution in [1.82, 2.24) is 29.5 Å². The molecule has 7 aromatic carbocycles. The molecular formula is C45H28N6. The summed E-state index contributed by atoms with van der Waals surface area (Å²) in [4.78, 5) is 15.4. The third-order valence-electron chi connectivity index (χ3n) is 9.52. The Kier molecular flexibility index (Phi) is 6.70. The van der Waals surface area contributed by atoms with Gasteiger partial charge in [-0.1, -0.05) is 146 Å². The number of hydrogen-bond acceptors (Lipinski definition) is 5. The van der Waals surface area contributed by atoms with E-state index in [2.05, 4.69) is 130 Å². The van der Waals surface area contributed by atoms with Gasteiger partial charge < -0.3 is 0 Å². The summed E-state index contributed by atoms with van der Waals surface area (Å²) in [6.07, 6.45) is 0. The predicted octanol–water partition coefficient (Wildman–Crippen LogP) is 10.7. The van der Waals surface area contributed by atoms with Crippen LogP contribution in [-0.2, 0) is 0 Å². The number of hydrogen-bond donors (Lipinski definition) is 0. The number of fused-ring (bicyclic) bond motifs is 5. The van der Waals surface area contributed by atoms with Crippen LogP contribution in [-0.4, -0.2) is 29.5 Å². The first-order chi connectivity index (χ1) is 25.3. The molecule has 0 spiro atoms. The second-order valence-electron chi connectivity index (χ2n) is 12.6. The number of para-hydroxylation sites is 2. The van der Waals surface area contributed by atoms with E-state index in [1.807, 2.05) is 54.6 Å². The zero-order valence-electron chi connectivity index (χ0n) is 27.3. The van der Waals surface area contributed by atoms with Gasteiger partial charge >= 0.3 is 0 Å². The van der Waals surface area contributed by atoms with Crippen molar-refractivity contribution in [3.63, 3.8) is 0 Å². The monoisotopic (exact) mass is 652 g/mol. The Morgan fingerprint density at radius 1 is 0.373 bits per heavy atom. The Bertz CT molecular complexity index is 2910. The van der Waals surface area contributed by atoms with Gasteiger partial charge in [0, 0.05) is 33.0 Å². The van der Waals surface area contributed by atoms with Gasteiger partial charge in [-0.2, -0.15) is 0 Å². The SMILES string of the molecule is c1ccc(-c2nnc3c4ccccc4nc(-c4cccc(-c5ccc(-c6nc(-c7cccc8ccccc78)c7ccccc7n6)cc5)c4)n23)cc1. The molecule has 0 aliphatic heterocycles. The molecule has 0 aliphatic carbocycles. The molecule has 10 aromatic rings. The molecule has 3 heterocycles. The topological polar surface area (TPSA) is 68.9 Å². The van der Waals surface area contributed by atoms with E-state index in [9.17, 15) is 0 Å². The number of aromatic nitrogens is 6. The van der Waals surface area contributed by atoms with E-state index in [0.717, 1.165) is 78.2 Å². The first-order valence-corrected chi connectivity index (χ1v) is 16.9. The maximum absolute atomic E-state index is 5.20. The smallest absolute Gasteiger partial charge is 0.172 e. The van der Waals surface area contributed by atoms with E-state index < -0.39 is 0 Å². The van der Waals surface area contributed by atoms with Crippen molar-refractivity contribution < 1.29 is 0 Å². The Morgan fingerprint density at radius 3 is 1.84 bits per heavy atom. The summed E-state index contributed by atoms with van der Waals surface area (Å²) >= 11 is 0. The summed E-state index contributed by atoms with van der Waals surface area (Å²) in [7, 11) is 0. The molecule has 6 nitrogen and oxygen atoms in total. The van der Waals surface area contributed by atoms with E-state index in [0.29, 0.717) is 5.82 Å². The van der Waals surface area contributed by atoms with Crippen LogP contribution in [0.15, 0.2) is 170 Å². The summed E-state index contributed by atoms with van der Waals surface area (Å²) < 4.78 is 2.07. The molecule has 0 unspecified atom stereocenters. The summed E-state index contributed by atoms with van der Waals surface area (Å²) in [5.74, 6) is 2.24. The van der Waals surface area contributed by atoms with E-state index >= 15 is 0 Å². The minimum absolute atomic E-state index is 0.695. The molecule has 0 fully saturated rings. The lowest BCUT2D eigenvalue weighted by molar-refractivity contribution is 1.10. The van der Waals surface area contributed by atoms with Gasteiger partial charge in [0.2, 0.25) is 0 Å². The van der Waals surface area contributed by atoms with Crippen molar-refractivity contribution in [2.75, 3.05) is 0 Å². The van der Waals surface area contributed by atoms with Gasteiger partial charge in [0.1, 0.15) is 5.82 Å². The minimum atomic E-state index is 0.695. The molecule has 10 rings (SSSR count). The first kappa shape index (κ1) is 28.9. The highest BCUT2D eigenvalue weighted by molar-refractivity contribution is 6.03. The molecule has 0 aliphatic rings. The van der Waals surface area contributed by atoms with Gasteiger partial charge in [-0.25, -0.2) is 15.0 Å². The summed E-state index contributed by atoms with van der Waals surface area (Å²) in [6.45, 7) is 0. The highest BCUT2D eigenvalue weighted by Gasteiger charge is 2.18. The average molecular weight is 653 g/mol. The third-order valence-corrected chi connectivity index (χ3v) is 9.52. The minimum Gasteiger partial charge on any atom is -0.258 e. The fraction of sp³-hybridized carbons (Fsp3) is 0. The molecule has 3 aromatic heterocycles. The molecule has 238 valence electrons. The van der Waals surface area contributed by atoms with Crippen LogP contribution in [0.4, 0.5) is 0 Å². The maximum Gasteiger partial charge on any atom is 0.172 e. The average Bonchev–Trinajstić information content (AvgIpc) is 3.66. The quantitative estimate of drug-likeness (QED) is 0.185. The van der Waals surface area contributed by atoms with Crippen LogP contribution in [0.5, 0.6) is 0 Å². The number of benzene rings is 7. The van der Waals surface area contributed by atoms with Crippen LogP contribution in [0.1, 0.15) is 0 Å². The lowest BCUT2D eigenvalue weighted by Gasteiger charge is -2.12. The number of nitrogens with zero attached hydrogens (tertiary/aromatic N) is 6. The van der Waals surface area contributed by atoms with E-state index in [4.69, 9.17) is 15.0 Å². The number of rotatable bonds is 5. The molecule has 6 heteroatoms. The van der Waals surface area contributed by atoms with Gasteiger partial charge in [-0.3, -0.25) is 4.40 Å². The molecule has 0 atom stereocenters. The van der Waals surface area contributed by atoms with Crippen LogP contribution >= 0.6 is 0 Å². The van der Waals surface area contributed by atoms with Gasteiger partial charge in [0.25, 0.3) is 0 Å². The second-order valence-corrected chi connectivity index (χ2v) is 12.6. The van der Waals surface area contributed by atoms with E-state index in [1.165, 1.54) is 10.8 Å². The Balaban J connectivity index is 1.07. The molecule has 0 amide bonds. The van der Waals surface area contributed by atoms with Gasteiger partial charge in [-0.15, -0.1) is 10.2 Å². The molecular weight excluding hydrogens is 625 g/mol. The van der Waals surface area contributed by atoms with Crippen LogP contribution < -0.4 is 0 Å².